The number of rotatable bonds is 3. The van der Waals surface area contributed by atoms with E-state index in [-0.39, 0.29) is 12.1 Å². The Morgan fingerprint density at radius 3 is 2.26 bits per heavy atom. The predicted molar refractivity (Wildman–Crippen MR) is 93.9 cm³/mol. The molecule has 1 unspecified atom stereocenters. The average Bonchev–Trinajstić information content (AvgIpc) is 2.58. The Kier molecular flexibility index (Phi) is 4.20. The Morgan fingerprint density at radius 1 is 1.00 bits per heavy atom. The molecule has 0 N–H and O–H groups in total. The van der Waals surface area contributed by atoms with Crippen molar-refractivity contribution in [2.24, 2.45) is 0 Å². The van der Waals surface area contributed by atoms with Crippen LogP contribution in [0.15, 0.2) is 60.8 Å². The second-order valence-electron chi connectivity index (χ2n) is 5.94. The first-order chi connectivity index (χ1) is 11.1. The lowest BCUT2D eigenvalue weighted by molar-refractivity contribution is 0.167. The molecule has 1 aliphatic rings. The van der Waals surface area contributed by atoms with Crippen molar-refractivity contribution in [2.75, 3.05) is 13.6 Å². The van der Waals surface area contributed by atoms with Crippen LogP contribution in [0.1, 0.15) is 29.7 Å². The minimum Gasteiger partial charge on any atom is -0.316 e. The van der Waals surface area contributed by atoms with E-state index in [9.17, 15) is 4.79 Å². The molecule has 23 heavy (non-hydrogen) atoms. The maximum absolute atomic E-state index is 12.6. The van der Waals surface area contributed by atoms with E-state index in [1.165, 1.54) is 5.56 Å². The number of likely N-dealkylation sites (N-methyl/N-ethyl adjacent to an activating group) is 1. The van der Waals surface area contributed by atoms with E-state index in [0.717, 1.165) is 16.7 Å². The number of hydrogen-bond donors (Lipinski definition) is 0. The number of amides is 2. The molecule has 2 amide bonds. The lowest BCUT2D eigenvalue weighted by atomic mass is 9.91. The molecule has 0 saturated heterocycles. The maximum atomic E-state index is 12.6. The van der Waals surface area contributed by atoms with Crippen molar-refractivity contribution in [1.82, 2.24) is 9.80 Å². The third kappa shape index (κ3) is 2.87. The van der Waals surface area contributed by atoms with Gasteiger partial charge in [0.25, 0.3) is 0 Å². The van der Waals surface area contributed by atoms with Gasteiger partial charge in [-0.15, -0.1) is 0 Å². The first-order valence-electron chi connectivity index (χ1n) is 7.99. The number of aryl methyl sites for hydroxylation is 1. The molecule has 1 aliphatic heterocycles. The summed E-state index contributed by atoms with van der Waals surface area (Å²) in [6.07, 6.45) is 2.00. The number of hydrogen-bond acceptors (Lipinski definition) is 1. The van der Waals surface area contributed by atoms with Crippen molar-refractivity contribution in [3.8, 4) is 0 Å². The summed E-state index contributed by atoms with van der Waals surface area (Å²) in [6.45, 7) is 4.75. The smallest absolute Gasteiger partial charge is 0.316 e. The monoisotopic (exact) mass is 306 g/mol. The molecule has 3 nitrogen and oxygen atoms in total. The molecular weight excluding hydrogens is 284 g/mol. The summed E-state index contributed by atoms with van der Waals surface area (Å²) in [4.78, 5) is 16.2. The highest BCUT2D eigenvalue weighted by molar-refractivity contribution is 5.86. The van der Waals surface area contributed by atoms with Crippen molar-refractivity contribution < 1.29 is 4.79 Å². The van der Waals surface area contributed by atoms with Gasteiger partial charge in [0.05, 0.1) is 6.04 Å². The zero-order valence-corrected chi connectivity index (χ0v) is 13.9. The van der Waals surface area contributed by atoms with Crippen LogP contribution in [0.4, 0.5) is 4.79 Å². The summed E-state index contributed by atoms with van der Waals surface area (Å²) in [6, 6.07) is 18.7. The molecule has 0 saturated carbocycles. The Hall–Kier alpha value is -2.55. The molecule has 3 heteroatoms. The summed E-state index contributed by atoms with van der Waals surface area (Å²) in [5.74, 6) is 0. The van der Waals surface area contributed by atoms with Crippen LogP contribution in [0.2, 0.25) is 0 Å². The van der Waals surface area contributed by atoms with Crippen molar-refractivity contribution >= 4 is 11.6 Å². The standard InChI is InChI=1S/C20H22N2O/c1-4-22-14-18(16-12-10-15(2)11-13-16)19(21(3)20(22)23)17-8-6-5-7-9-17/h5-14,19H,4H2,1-3H3. The number of benzene rings is 2. The third-order valence-electron chi connectivity index (χ3n) is 4.37. The summed E-state index contributed by atoms with van der Waals surface area (Å²) in [5.41, 5.74) is 4.67. The van der Waals surface area contributed by atoms with E-state index >= 15 is 0 Å². The SMILES string of the molecule is CCN1C=C(c2ccc(C)cc2)C(c2ccccc2)N(C)C1=O. The second kappa shape index (κ2) is 6.29. The first kappa shape index (κ1) is 15.3. The van der Waals surface area contributed by atoms with E-state index in [4.69, 9.17) is 0 Å². The number of nitrogens with zero attached hydrogens (tertiary/aromatic N) is 2. The van der Waals surface area contributed by atoms with E-state index in [2.05, 4.69) is 43.3 Å². The molecule has 2 aromatic carbocycles. The highest BCUT2D eigenvalue weighted by Gasteiger charge is 2.33. The molecule has 0 fully saturated rings. The number of urea groups is 1. The molecule has 1 atom stereocenters. The summed E-state index contributed by atoms with van der Waals surface area (Å²) in [7, 11) is 1.88. The van der Waals surface area contributed by atoms with Gasteiger partial charge in [0.1, 0.15) is 0 Å². The van der Waals surface area contributed by atoms with Gasteiger partial charge >= 0.3 is 6.03 Å². The second-order valence-corrected chi connectivity index (χ2v) is 5.94. The number of carbonyl (C=O) groups is 1. The molecule has 2 aromatic rings. The van der Waals surface area contributed by atoms with Gasteiger partial charge in [0, 0.05) is 25.4 Å². The van der Waals surface area contributed by atoms with Crippen LogP contribution < -0.4 is 0 Å². The van der Waals surface area contributed by atoms with Crippen LogP contribution in [0, 0.1) is 6.92 Å². The number of carbonyl (C=O) groups excluding carboxylic acids is 1. The van der Waals surface area contributed by atoms with E-state index in [0.29, 0.717) is 6.54 Å². The van der Waals surface area contributed by atoms with Crippen molar-refractivity contribution in [2.45, 2.75) is 19.9 Å². The van der Waals surface area contributed by atoms with E-state index in [1.54, 1.807) is 4.90 Å². The molecule has 0 aliphatic carbocycles. The van der Waals surface area contributed by atoms with Gasteiger partial charge in [-0.05, 0) is 25.0 Å². The van der Waals surface area contributed by atoms with Crippen LogP contribution in [0.25, 0.3) is 5.57 Å². The normalized spacial score (nSPS) is 18.1. The summed E-state index contributed by atoms with van der Waals surface area (Å²) in [5, 5.41) is 0. The molecule has 3 rings (SSSR count). The van der Waals surface area contributed by atoms with Gasteiger partial charge in [-0.25, -0.2) is 4.79 Å². The van der Waals surface area contributed by atoms with Crippen LogP contribution >= 0.6 is 0 Å². The van der Waals surface area contributed by atoms with Gasteiger partial charge in [-0.1, -0.05) is 60.2 Å². The van der Waals surface area contributed by atoms with Crippen LogP contribution in [-0.2, 0) is 0 Å². The fraction of sp³-hybridized carbons (Fsp3) is 0.250. The van der Waals surface area contributed by atoms with Gasteiger partial charge in [-0.2, -0.15) is 0 Å². The Labute approximate surface area is 137 Å². The largest absolute Gasteiger partial charge is 0.324 e. The predicted octanol–water partition coefficient (Wildman–Crippen LogP) is 4.46. The first-order valence-corrected chi connectivity index (χ1v) is 7.99. The maximum Gasteiger partial charge on any atom is 0.324 e. The topological polar surface area (TPSA) is 23.6 Å². The summed E-state index contributed by atoms with van der Waals surface area (Å²) < 4.78 is 0. The zero-order chi connectivity index (χ0) is 16.4. The quantitative estimate of drug-likeness (QED) is 0.821. The molecular formula is C20H22N2O. The molecule has 0 aromatic heterocycles. The minimum atomic E-state index is -0.0609. The third-order valence-corrected chi connectivity index (χ3v) is 4.37. The Morgan fingerprint density at radius 2 is 1.65 bits per heavy atom. The molecule has 118 valence electrons. The van der Waals surface area contributed by atoms with Gasteiger partial charge in [0.15, 0.2) is 0 Å². The van der Waals surface area contributed by atoms with Gasteiger partial charge in [0.2, 0.25) is 0 Å². The summed E-state index contributed by atoms with van der Waals surface area (Å²) >= 11 is 0. The lowest BCUT2D eigenvalue weighted by Gasteiger charge is -2.39. The zero-order valence-electron chi connectivity index (χ0n) is 13.9. The Balaban J connectivity index is 2.13. The fourth-order valence-corrected chi connectivity index (χ4v) is 3.06. The highest BCUT2D eigenvalue weighted by Crippen LogP contribution is 2.38. The van der Waals surface area contributed by atoms with Crippen molar-refractivity contribution in [1.29, 1.82) is 0 Å². The minimum absolute atomic E-state index is 0.0391. The van der Waals surface area contributed by atoms with Crippen molar-refractivity contribution in [3.05, 3.63) is 77.5 Å². The fourth-order valence-electron chi connectivity index (χ4n) is 3.06. The lowest BCUT2D eigenvalue weighted by Crippen LogP contribution is -2.44. The van der Waals surface area contributed by atoms with Crippen molar-refractivity contribution in [3.63, 3.8) is 0 Å². The van der Waals surface area contributed by atoms with E-state index < -0.39 is 0 Å². The van der Waals surface area contributed by atoms with Crippen LogP contribution in [0.3, 0.4) is 0 Å². The van der Waals surface area contributed by atoms with Crippen LogP contribution in [-0.4, -0.2) is 29.4 Å². The molecule has 0 spiro atoms. The highest BCUT2D eigenvalue weighted by atomic mass is 16.2. The van der Waals surface area contributed by atoms with Gasteiger partial charge in [-0.3, -0.25) is 0 Å². The van der Waals surface area contributed by atoms with E-state index in [1.807, 2.05) is 43.3 Å². The Bertz CT molecular complexity index is 719. The molecule has 0 radical (unpaired) electrons. The molecule has 0 bridgehead atoms. The van der Waals surface area contributed by atoms with Crippen LogP contribution in [0.5, 0.6) is 0 Å². The average molecular weight is 306 g/mol. The molecule has 1 heterocycles. The van der Waals surface area contributed by atoms with Gasteiger partial charge < -0.3 is 9.80 Å².